The Kier molecular flexibility index (Phi) is 4.94. The first-order valence-corrected chi connectivity index (χ1v) is 7.83. The zero-order valence-corrected chi connectivity index (χ0v) is 14.0. The zero-order chi connectivity index (χ0) is 18.5. The molecule has 0 fully saturated rings. The zero-order valence-electron chi connectivity index (χ0n) is 14.0. The van der Waals surface area contributed by atoms with E-state index in [9.17, 15) is 9.59 Å². The minimum Gasteiger partial charge on any atom is -0.497 e. The van der Waals surface area contributed by atoms with E-state index in [1.165, 1.54) is 6.08 Å². The minimum atomic E-state index is -1.50. The summed E-state index contributed by atoms with van der Waals surface area (Å²) in [7, 11) is 1.59. The lowest BCUT2D eigenvalue weighted by molar-refractivity contribution is -0.146. The second-order valence-corrected chi connectivity index (χ2v) is 5.44. The van der Waals surface area contributed by atoms with E-state index in [0.717, 1.165) is 23.1 Å². The molecule has 3 aromatic rings. The Morgan fingerprint density at radius 3 is 2.38 bits per heavy atom. The van der Waals surface area contributed by atoms with Crippen LogP contribution in [-0.4, -0.2) is 33.7 Å². The summed E-state index contributed by atoms with van der Waals surface area (Å²) in [6.45, 7) is 0. The summed E-state index contributed by atoms with van der Waals surface area (Å²) in [5, 5.41) is 13.3. The Morgan fingerprint density at radius 1 is 1.08 bits per heavy atom. The lowest BCUT2D eigenvalue weighted by atomic mass is 10.1. The summed E-state index contributed by atoms with van der Waals surface area (Å²) in [6.07, 6.45) is 4.24. The number of methoxy groups -OCH3 is 1. The maximum Gasteiger partial charge on any atom is 0.376 e. The van der Waals surface area contributed by atoms with Gasteiger partial charge in [-0.15, -0.1) is 0 Å². The molecule has 0 radical (unpaired) electrons. The third-order valence-electron chi connectivity index (χ3n) is 3.75. The van der Waals surface area contributed by atoms with Gasteiger partial charge in [0.25, 0.3) is 5.78 Å². The van der Waals surface area contributed by atoms with Gasteiger partial charge in [0, 0.05) is 17.3 Å². The molecule has 0 spiro atoms. The van der Waals surface area contributed by atoms with E-state index >= 15 is 0 Å². The van der Waals surface area contributed by atoms with Crippen LogP contribution < -0.4 is 4.74 Å². The van der Waals surface area contributed by atoms with Gasteiger partial charge in [0.05, 0.1) is 18.5 Å². The van der Waals surface area contributed by atoms with Crippen molar-refractivity contribution in [2.75, 3.05) is 7.11 Å². The van der Waals surface area contributed by atoms with Crippen LogP contribution in [0.1, 0.15) is 5.56 Å². The van der Waals surface area contributed by atoms with Crippen molar-refractivity contribution in [3.63, 3.8) is 0 Å². The quantitative estimate of drug-likeness (QED) is 0.546. The van der Waals surface area contributed by atoms with Gasteiger partial charge in [0.2, 0.25) is 0 Å². The molecule has 6 heteroatoms. The normalized spacial score (nSPS) is 10.8. The van der Waals surface area contributed by atoms with Gasteiger partial charge in [0.15, 0.2) is 0 Å². The lowest BCUT2D eigenvalue weighted by Crippen LogP contribution is -2.08. The Hall–Kier alpha value is -3.67. The van der Waals surface area contributed by atoms with Crippen LogP contribution in [0.5, 0.6) is 5.75 Å². The molecule has 130 valence electrons. The van der Waals surface area contributed by atoms with Gasteiger partial charge in [-0.3, -0.25) is 4.79 Å². The van der Waals surface area contributed by atoms with Gasteiger partial charge in [-0.05, 0) is 48.6 Å². The van der Waals surface area contributed by atoms with E-state index in [4.69, 9.17) is 9.84 Å². The summed E-state index contributed by atoms with van der Waals surface area (Å²) >= 11 is 0. The van der Waals surface area contributed by atoms with Crippen molar-refractivity contribution in [3.05, 3.63) is 72.4 Å². The number of ether oxygens (including phenoxy) is 1. The van der Waals surface area contributed by atoms with E-state index in [0.29, 0.717) is 11.3 Å². The smallest absolute Gasteiger partial charge is 0.376 e. The highest BCUT2D eigenvalue weighted by Gasteiger charge is 2.12. The van der Waals surface area contributed by atoms with Crippen LogP contribution in [-0.2, 0) is 9.59 Å². The predicted octanol–water partition coefficient (Wildman–Crippen LogP) is 3.21. The molecular formula is C20H16N2O4. The second-order valence-electron chi connectivity index (χ2n) is 5.44. The molecule has 2 aromatic carbocycles. The molecule has 0 aliphatic rings. The van der Waals surface area contributed by atoms with E-state index in [2.05, 4.69) is 5.10 Å². The summed E-state index contributed by atoms with van der Waals surface area (Å²) in [5.74, 6) is -1.77. The van der Waals surface area contributed by atoms with Crippen LogP contribution >= 0.6 is 0 Å². The number of carbonyl (C=O) groups is 2. The van der Waals surface area contributed by atoms with Crippen molar-refractivity contribution >= 4 is 17.8 Å². The summed E-state index contributed by atoms with van der Waals surface area (Å²) < 4.78 is 6.85. The number of rotatable bonds is 6. The number of carboxylic acids is 1. The standard InChI is InChI=1S/C20H16N2O4/c1-26-17-10-7-14(8-11-17)19-15(9-12-18(23)20(24)25)13-22(21-19)16-5-3-2-4-6-16/h2-13H,1H3,(H,24,25)/b12-9+. The van der Waals surface area contributed by atoms with Crippen molar-refractivity contribution in [2.45, 2.75) is 0 Å². The number of hydrogen-bond donors (Lipinski definition) is 1. The fraction of sp³-hybridized carbons (Fsp3) is 0.0500. The third kappa shape index (κ3) is 3.70. The first-order chi connectivity index (χ1) is 12.6. The van der Waals surface area contributed by atoms with E-state index in [1.807, 2.05) is 54.6 Å². The van der Waals surface area contributed by atoms with Crippen LogP contribution in [0.25, 0.3) is 23.0 Å². The molecule has 0 unspecified atom stereocenters. The molecule has 0 saturated heterocycles. The number of aliphatic carboxylic acids is 1. The Balaban J connectivity index is 2.06. The number of aromatic nitrogens is 2. The molecule has 0 aliphatic carbocycles. The number of carboxylic acid groups (broad SMARTS) is 1. The number of carbonyl (C=O) groups excluding carboxylic acids is 1. The summed E-state index contributed by atoms with van der Waals surface area (Å²) in [5.41, 5.74) is 2.94. The van der Waals surface area contributed by atoms with Crippen molar-refractivity contribution in [1.82, 2.24) is 9.78 Å². The molecule has 0 amide bonds. The Bertz CT molecular complexity index is 957. The SMILES string of the molecule is COc1ccc(-c2nn(-c3ccccc3)cc2/C=C/C(=O)C(=O)O)cc1. The van der Waals surface area contributed by atoms with Crippen LogP contribution in [0.15, 0.2) is 66.9 Å². The fourth-order valence-electron chi connectivity index (χ4n) is 2.43. The second kappa shape index (κ2) is 7.48. The molecule has 1 heterocycles. The first-order valence-electron chi connectivity index (χ1n) is 7.83. The van der Waals surface area contributed by atoms with Gasteiger partial charge in [-0.2, -0.15) is 5.10 Å². The topological polar surface area (TPSA) is 81.4 Å². The minimum absolute atomic E-state index is 0.631. The molecule has 0 saturated carbocycles. The maximum absolute atomic E-state index is 11.4. The lowest BCUT2D eigenvalue weighted by Gasteiger charge is -2.02. The van der Waals surface area contributed by atoms with E-state index in [-0.39, 0.29) is 0 Å². The summed E-state index contributed by atoms with van der Waals surface area (Å²) in [6, 6.07) is 16.8. The monoisotopic (exact) mass is 348 g/mol. The molecule has 0 atom stereocenters. The fourth-order valence-corrected chi connectivity index (χ4v) is 2.43. The average molecular weight is 348 g/mol. The molecule has 6 nitrogen and oxygen atoms in total. The van der Waals surface area contributed by atoms with Gasteiger partial charge in [0.1, 0.15) is 5.75 Å². The molecule has 1 aromatic heterocycles. The third-order valence-corrected chi connectivity index (χ3v) is 3.75. The van der Waals surface area contributed by atoms with Gasteiger partial charge >= 0.3 is 5.97 Å². The average Bonchev–Trinajstić information content (AvgIpc) is 3.11. The van der Waals surface area contributed by atoms with E-state index in [1.54, 1.807) is 18.0 Å². The number of ketones is 1. The maximum atomic E-state index is 11.4. The molecule has 0 aliphatic heterocycles. The molecule has 1 N–H and O–H groups in total. The predicted molar refractivity (Wildman–Crippen MR) is 97.2 cm³/mol. The highest BCUT2D eigenvalue weighted by molar-refractivity contribution is 6.38. The number of hydrogen-bond acceptors (Lipinski definition) is 4. The Labute approximate surface area is 150 Å². The summed E-state index contributed by atoms with van der Waals surface area (Å²) in [4.78, 5) is 22.1. The highest BCUT2D eigenvalue weighted by Crippen LogP contribution is 2.26. The van der Waals surface area contributed by atoms with Crippen molar-refractivity contribution in [3.8, 4) is 22.7 Å². The van der Waals surface area contributed by atoms with Crippen molar-refractivity contribution in [1.29, 1.82) is 0 Å². The number of para-hydroxylation sites is 1. The molecule has 3 rings (SSSR count). The van der Waals surface area contributed by atoms with Crippen molar-refractivity contribution < 1.29 is 19.4 Å². The first kappa shape index (κ1) is 17.2. The Morgan fingerprint density at radius 2 is 1.77 bits per heavy atom. The van der Waals surface area contributed by atoms with Gasteiger partial charge < -0.3 is 9.84 Å². The molecule has 0 bridgehead atoms. The van der Waals surface area contributed by atoms with Gasteiger partial charge in [-0.25, -0.2) is 9.48 Å². The molecule has 26 heavy (non-hydrogen) atoms. The largest absolute Gasteiger partial charge is 0.497 e. The van der Waals surface area contributed by atoms with Crippen LogP contribution in [0.3, 0.4) is 0 Å². The molecular weight excluding hydrogens is 332 g/mol. The van der Waals surface area contributed by atoms with Crippen LogP contribution in [0.2, 0.25) is 0 Å². The number of benzene rings is 2. The van der Waals surface area contributed by atoms with Crippen molar-refractivity contribution in [2.24, 2.45) is 0 Å². The highest BCUT2D eigenvalue weighted by atomic mass is 16.5. The van der Waals surface area contributed by atoms with Gasteiger partial charge in [-0.1, -0.05) is 18.2 Å². The van der Waals surface area contributed by atoms with Crippen LogP contribution in [0.4, 0.5) is 0 Å². The van der Waals surface area contributed by atoms with Crippen LogP contribution in [0, 0.1) is 0 Å². The van der Waals surface area contributed by atoms with E-state index < -0.39 is 11.8 Å². The number of nitrogens with zero attached hydrogens (tertiary/aromatic N) is 2.